The van der Waals surface area contributed by atoms with Crippen LogP contribution in [0.25, 0.3) is 17.1 Å². The molecule has 0 spiro atoms. The molecule has 0 radical (unpaired) electrons. The zero-order valence-corrected chi connectivity index (χ0v) is 20.3. The Morgan fingerprint density at radius 1 is 0.941 bits per heavy atom. The molecule has 0 unspecified atom stereocenters. The fraction of sp³-hybridized carbons (Fsp3) is 0.154. The minimum absolute atomic E-state index is 0.131. The predicted molar refractivity (Wildman–Crippen MR) is 131 cm³/mol. The lowest BCUT2D eigenvalue weighted by atomic mass is 10.1. The molecule has 0 bridgehead atoms. The monoisotopic (exact) mass is 519 g/mol. The Morgan fingerprint density at radius 3 is 2.26 bits per heavy atom. The lowest BCUT2D eigenvalue weighted by molar-refractivity contribution is 0.0462. The van der Waals surface area contributed by atoms with Crippen molar-refractivity contribution in [2.45, 2.75) is 13.8 Å². The van der Waals surface area contributed by atoms with Gasteiger partial charge in [-0.3, -0.25) is 4.79 Å². The third-order valence-corrected chi connectivity index (χ3v) is 5.52. The van der Waals surface area contributed by atoms with Crippen LogP contribution in [0.1, 0.15) is 33.5 Å². The minimum atomic E-state index is -0.775. The Balaban J connectivity index is 1.60. The number of rotatable bonds is 8. The molecule has 4 rings (SSSR count). The first kappa shape index (κ1) is 23.4. The summed E-state index contributed by atoms with van der Waals surface area (Å²) in [4.78, 5) is 29.5. The Labute approximate surface area is 205 Å². The quantitative estimate of drug-likeness (QED) is 0.227. The fourth-order valence-corrected chi connectivity index (χ4v) is 3.50. The van der Waals surface area contributed by atoms with Gasteiger partial charge >= 0.3 is 5.97 Å². The molecule has 0 saturated carbocycles. The molecule has 0 N–H and O–H groups in total. The predicted octanol–water partition coefficient (Wildman–Crippen LogP) is 5.44. The molecule has 8 heteroatoms. The van der Waals surface area contributed by atoms with Gasteiger partial charge in [-0.2, -0.15) is 0 Å². The van der Waals surface area contributed by atoms with Crippen LogP contribution < -0.4 is 4.74 Å². The van der Waals surface area contributed by atoms with Gasteiger partial charge in [0, 0.05) is 15.6 Å². The van der Waals surface area contributed by atoms with E-state index in [9.17, 15) is 9.59 Å². The number of esters is 1. The van der Waals surface area contributed by atoms with Crippen molar-refractivity contribution in [2.75, 3.05) is 13.2 Å². The van der Waals surface area contributed by atoms with Crippen molar-refractivity contribution in [1.29, 1.82) is 0 Å². The number of hydrogen-bond acceptors (Lipinski definition) is 6. The normalized spacial score (nSPS) is 10.7. The van der Waals surface area contributed by atoms with Gasteiger partial charge in [0.15, 0.2) is 18.2 Å². The van der Waals surface area contributed by atoms with Gasteiger partial charge in [0.25, 0.3) is 5.82 Å². The molecular weight excluding hydrogens is 498 g/mol. The number of halogens is 1. The van der Waals surface area contributed by atoms with Gasteiger partial charge in [-0.05, 0) is 50.2 Å². The molecule has 0 aliphatic carbocycles. The molecule has 0 atom stereocenters. The third kappa shape index (κ3) is 5.40. The number of aryl methyl sites for hydroxylation is 1. The Bertz CT molecular complexity index is 1300. The van der Waals surface area contributed by atoms with E-state index in [1.807, 2.05) is 62.4 Å². The van der Waals surface area contributed by atoms with E-state index in [0.717, 1.165) is 21.3 Å². The van der Waals surface area contributed by atoms with E-state index in [1.54, 1.807) is 28.9 Å². The van der Waals surface area contributed by atoms with Crippen LogP contribution in [0.5, 0.6) is 5.75 Å². The van der Waals surface area contributed by atoms with Gasteiger partial charge in [0.05, 0.1) is 12.3 Å². The molecule has 0 aliphatic rings. The maximum atomic E-state index is 12.7. The summed E-state index contributed by atoms with van der Waals surface area (Å²) in [5, 5.41) is 4.39. The van der Waals surface area contributed by atoms with Crippen LogP contribution >= 0.6 is 15.9 Å². The summed E-state index contributed by atoms with van der Waals surface area (Å²) in [5.74, 6) is -0.00758. The highest BCUT2D eigenvalue weighted by Crippen LogP contribution is 2.24. The Hall–Kier alpha value is -3.78. The van der Waals surface area contributed by atoms with E-state index in [2.05, 4.69) is 26.0 Å². The third-order valence-electron chi connectivity index (χ3n) is 4.99. The highest BCUT2D eigenvalue weighted by Gasteiger charge is 2.21. The standard InChI is InChI=1S/C26H22BrN3O4/c1-3-33-22-14-12-21(13-15-22)30-25(19-6-4-17(2)5-7-19)28-24(29-30)26(32)34-16-23(31)18-8-10-20(27)11-9-18/h4-15H,3,16H2,1-2H3. The van der Waals surface area contributed by atoms with Crippen molar-refractivity contribution in [3.05, 3.63) is 94.2 Å². The van der Waals surface area contributed by atoms with Gasteiger partial charge < -0.3 is 9.47 Å². The maximum Gasteiger partial charge on any atom is 0.378 e. The molecule has 0 saturated heterocycles. The summed E-state index contributed by atoms with van der Waals surface area (Å²) in [6, 6.07) is 21.9. The Morgan fingerprint density at radius 2 is 1.62 bits per heavy atom. The summed E-state index contributed by atoms with van der Waals surface area (Å²) >= 11 is 3.33. The average molecular weight is 520 g/mol. The smallest absolute Gasteiger partial charge is 0.378 e. The molecule has 1 heterocycles. The maximum absolute atomic E-state index is 12.7. The molecule has 3 aromatic carbocycles. The lowest BCUT2D eigenvalue weighted by Crippen LogP contribution is -2.15. The number of hydrogen-bond donors (Lipinski definition) is 0. The van der Waals surface area contributed by atoms with E-state index >= 15 is 0 Å². The molecule has 0 fully saturated rings. The molecule has 0 amide bonds. The Kier molecular flexibility index (Phi) is 7.18. The first-order chi connectivity index (χ1) is 16.4. The summed E-state index contributed by atoms with van der Waals surface area (Å²) in [5.41, 5.74) is 3.04. The second kappa shape index (κ2) is 10.4. The zero-order valence-electron chi connectivity index (χ0n) is 18.7. The zero-order chi connectivity index (χ0) is 24.1. The topological polar surface area (TPSA) is 83.3 Å². The van der Waals surface area contributed by atoms with Gasteiger partial charge in [-0.25, -0.2) is 14.5 Å². The van der Waals surface area contributed by atoms with Crippen LogP contribution in [0.4, 0.5) is 0 Å². The number of aromatic nitrogens is 3. The molecule has 1 aromatic heterocycles. The van der Waals surface area contributed by atoms with E-state index in [-0.39, 0.29) is 11.6 Å². The molecule has 34 heavy (non-hydrogen) atoms. The molecule has 172 valence electrons. The number of ketones is 1. The van der Waals surface area contributed by atoms with Crippen LogP contribution in [0, 0.1) is 6.92 Å². The van der Waals surface area contributed by atoms with Crippen molar-refractivity contribution < 1.29 is 19.1 Å². The number of carbonyl (C=O) groups excluding carboxylic acids is 2. The molecule has 4 aromatic rings. The number of nitrogens with zero attached hydrogens (tertiary/aromatic N) is 3. The van der Waals surface area contributed by atoms with Crippen molar-refractivity contribution in [3.63, 3.8) is 0 Å². The number of ether oxygens (including phenoxy) is 2. The van der Waals surface area contributed by atoms with Gasteiger partial charge in [0.2, 0.25) is 0 Å². The van der Waals surface area contributed by atoms with Crippen LogP contribution in [0.3, 0.4) is 0 Å². The lowest BCUT2D eigenvalue weighted by Gasteiger charge is -2.08. The van der Waals surface area contributed by atoms with E-state index in [4.69, 9.17) is 9.47 Å². The summed E-state index contributed by atoms with van der Waals surface area (Å²) in [6.07, 6.45) is 0. The number of benzene rings is 3. The first-order valence-electron chi connectivity index (χ1n) is 10.7. The van der Waals surface area contributed by atoms with Gasteiger partial charge in [0.1, 0.15) is 5.75 Å². The van der Waals surface area contributed by atoms with Crippen molar-refractivity contribution in [2.24, 2.45) is 0 Å². The van der Waals surface area contributed by atoms with E-state index in [1.165, 1.54) is 0 Å². The summed E-state index contributed by atoms with van der Waals surface area (Å²) in [6.45, 7) is 4.07. The van der Waals surface area contributed by atoms with Crippen LogP contribution in [-0.4, -0.2) is 39.7 Å². The van der Waals surface area contributed by atoms with Crippen molar-refractivity contribution in [3.8, 4) is 22.8 Å². The molecule has 7 nitrogen and oxygen atoms in total. The second-order valence-corrected chi connectivity index (χ2v) is 8.39. The highest BCUT2D eigenvalue weighted by molar-refractivity contribution is 9.10. The largest absolute Gasteiger partial charge is 0.494 e. The van der Waals surface area contributed by atoms with Crippen LogP contribution in [-0.2, 0) is 4.74 Å². The van der Waals surface area contributed by atoms with Crippen molar-refractivity contribution >= 4 is 27.7 Å². The SMILES string of the molecule is CCOc1ccc(-n2nc(C(=O)OCC(=O)c3ccc(Br)cc3)nc2-c2ccc(C)cc2)cc1. The minimum Gasteiger partial charge on any atom is -0.494 e. The first-order valence-corrected chi connectivity index (χ1v) is 11.5. The van der Waals surface area contributed by atoms with E-state index < -0.39 is 12.6 Å². The average Bonchev–Trinajstić information content (AvgIpc) is 3.29. The van der Waals surface area contributed by atoms with Crippen LogP contribution in [0.2, 0.25) is 0 Å². The summed E-state index contributed by atoms with van der Waals surface area (Å²) < 4.78 is 13.2. The summed E-state index contributed by atoms with van der Waals surface area (Å²) in [7, 11) is 0. The van der Waals surface area contributed by atoms with Crippen molar-refractivity contribution in [1.82, 2.24) is 14.8 Å². The van der Waals surface area contributed by atoms with Gasteiger partial charge in [-0.1, -0.05) is 57.9 Å². The fourth-order valence-electron chi connectivity index (χ4n) is 3.23. The van der Waals surface area contributed by atoms with Crippen LogP contribution in [0.15, 0.2) is 77.3 Å². The molecule has 0 aliphatic heterocycles. The second-order valence-electron chi connectivity index (χ2n) is 7.47. The number of carbonyl (C=O) groups is 2. The molecular formula is C26H22BrN3O4. The van der Waals surface area contributed by atoms with Gasteiger partial charge in [-0.15, -0.1) is 5.10 Å². The van der Waals surface area contributed by atoms with E-state index in [0.29, 0.717) is 23.7 Å². The number of Topliss-reactive ketones (excluding diaryl/α,β-unsaturated/α-hetero) is 1. The highest BCUT2D eigenvalue weighted by atomic mass is 79.9.